The fourth-order valence-electron chi connectivity index (χ4n) is 4.08. The first kappa shape index (κ1) is 24.8. The number of carbonyl (C=O) groups excluding carboxylic acids is 1. The highest BCUT2D eigenvalue weighted by molar-refractivity contribution is 7.35. The minimum atomic E-state index is -2.78. The van der Waals surface area contributed by atoms with Crippen molar-refractivity contribution in [3.05, 3.63) is 101 Å². The summed E-state index contributed by atoms with van der Waals surface area (Å²) in [5, 5.41) is 3.06. The van der Waals surface area contributed by atoms with Crippen LogP contribution in [0, 0.1) is 0 Å². The third kappa shape index (κ3) is 6.14. The molecule has 0 spiro atoms. The molecule has 3 aromatic rings. The second kappa shape index (κ2) is 11.3. The summed E-state index contributed by atoms with van der Waals surface area (Å²) in [6.07, 6.45) is 0. The van der Waals surface area contributed by atoms with Crippen LogP contribution in [0.1, 0.15) is 67.8 Å². The molecule has 0 aromatic heterocycles. The number of hydrogen-bond donors (Lipinski definition) is 2. The SMILES string of the molecule is CC(C)c1cccc(C(C)C)c1NC(=O)CN(C(c1ccccc1)c1ccccc1)[P+](=O)O. The van der Waals surface area contributed by atoms with Gasteiger partial charge in [0.1, 0.15) is 12.6 Å². The second-order valence-corrected chi connectivity index (χ2v) is 9.76. The van der Waals surface area contributed by atoms with Gasteiger partial charge in [0.2, 0.25) is 5.91 Å². The highest BCUT2D eigenvalue weighted by Crippen LogP contribution is 2.38. The van der Waals surface area contributed by atoms with Crippen LogP contribution in [-0.4, -0.2) is 22.0 Å². The topological polar surface area (TPSA) is 69.6 Å². The molecule has 172 valence electrons. The molecular weight excluding hydrogens is 431 g/mol. The Balaban J connectivity index is 1.96. The smallest absolute Gasteiger partial charge is 0.324 e. The van der Waals surface area contributed by atoms with Crippen LogP contribution < -0.4 is 5.32 Å². The van der Waals surface area contributed by atoms with Crippen LogP contribution >= 0.6 is 8.18 Å². The molecule has 0 aliphatic carbocycles. The largest absolute Gasteiger partial charge is 0.614 e. The van der Waals surface area contributed by atoms with Gasteiger partial charge in [0.15, 0.2) is 0 Å². The summed E-state index contributed by atoms with van der Waals surface area (Å²) in [5.41, 5.74) is 4.60. The maximum atomic E-state index is 13.3. The molecule has 0 aliphatic heterocycles. The first-order valence-electron chi connectivity index (χ1n) is 11.2. The zero-order valence-electron chi connectivity index (χ0n) is 19.6. The monoisotopic (exact) mass is 463 g/mol. The minimum Gasteiger partial charge on any atom is -0.324 e. The maximum Gasteiger partial charge on any atom is 0.614 e. The summed E-state index contributed by atoms with van der Waals surface area (Å²) >= 11 is 0. The molecule has 0 saturated heterocycles. The van der Waals surface area contributed by atoms with Gasteiger partial charge in [0, 0.05) is 5.69 Å². The van der Waals surface area contributed by atoms with Crippen LogP contribution in [0.15, 0.2) is 78.9 Å². The van der Waals surface area contributed by atoms with Crippen LogP contribution in [0.5, 0.6) is 0 Å². The Labute approximate surface area is 197 Å². The molecule has 1 atom stereocenters. The Morgan fingerprint density at radius 1 is 0.818 bits per heavy atom. The lowest BCUT2D eigenvalue weighted by Crippen LogP contribution is -2.32. The maximum absolute atomic E-state index is 13.3. The molecule has 0 fully saturated rings. The van der Waals surface area contributed by atoms with E-state index in [1.807, 2.05) is 78.9 Å². The lowest BCUT2D eigenvalue weighted by Gasteiger charge is -2.23. The van der Waals surface area contributed by atoms with E-state index in [0.717, 1.165) is 27.9 Å². The lowest BCUT2D eigenvalue weighted by atomic mass is 9.92. The number of anilines is 1. The molecular formula is C27H32N2O3P+. The summed E-state index contributed by atoms with van der Waals surface area (Å²) in [6, 6.07) is 24.5. The molecule has 2 N–H and O–H groups in total. The predicted octanol–water partition coefficient (Wildman–Crippen LogP) is 6.61. The van der Waals surface area contributed by atoms with E-state index in [1.54, 1.807) is 0 Å². The van der Waals surface area contributed by atoms with Gasteiger partial charge >= 0.3 is 8.18 Å². The molecule has 0 heterocycles. The molecule has 6 heteroatoms. The van der Waals surface area contributed by atoms with Crippen molar-refractivity contribution in [1.29, 1.82) is 0 Å². The normalized spacial score (nSPS) is 12.0. The van der Waals surface area contributed by atoms with Gasteiger partial charge in [0.25, 0.3) is 0 Å². The van der Waals surface area contributed by atoms with Gasteiger partial charge in [-0.05, 0) is 43.3 Å². The van der Waals surface area contributed by atoms with Crippen LogP contribution in [0.2, 0.25) is 0 Å². The van der Waals surface area contributed by atoms with E-state index < -0.39 is 14.2 Å². The van der Waals surface area contributed by atoms with E-state index in [4.69, 9.17) is 0 Å². The van der Waals surface area contributed by atoms with E-state index in [9.17, 15) is 14.3 Å². The van der Waals surface area contributed by atoms with Gasteiger partial charge in [-0.1, -0.05) is 107 Å². The molecule has 3 rings (SSSR count). The summed E-state index contributed by atoms with van der Waals surface area (Å²) in [6.45, 7) is 8.14. The Hall–Kier alpha value is -2.85. The molecule has 0 saturated carbocycles. The van der Waals surface area contributed by atoms with Crippen molar-refractivity contribution in [1.82, 2.24) is 4.67 Å². The van der Waals surface area contributed by atoms with Crippen LogP contribution in [0.25, 0.3) is 0 Å². The fraction of sp³-hybridized carbons (Fsp3) is 0.296. The van der Waals surface area contributed by atoms with Crippen molar-refractivity contribution in [2.24, 2.45) is 0 Å². The van der Waals surface area contributed by atoms with Crippen molar-refractivity contribution < 1.29 is 14.3 Å². The average Bonchev–Trinajstić information content (AvgIpc) is 2.79. The highest BCUT2D eigenvalue weighted by atomic mass is 31.1. The van der Waals surface area contributed by atoms with Gasteiger partial charge in [-0.2, -0.15) is 0 Å². The Morgan fingerprint density at radius 2 is 1.27 bits per heavy atom. The van der Waals surface area contributed by atoms with Crippen molar-refractivity contribution in [2.75, 3.05) is 11.9 Å². The summed E-state index contributed by atoms with van der Waals surface area (Å²) in [4.78, 5) is 23.5. The first-order valence-corrected chi connectivity index (χ1v) is 12.4. The first-order chi connectivity index (χ1) is 15.8. The number of amides is 1. The zero-order chi connectivity index (χ0) is 24.0. The fourth-order valence-corrected chi connectivity index (χ4v) is 4.79. The number of nitrogens with zero attached hydrogens (tertiary/aromatic N) is 1. The second-order valence-electron chi connectivity index (χ2n) is 8.74. The van der Waals surface area contributed by atoms with E-state index in [0.29, 0.717) is 0 Å². The quantitative estimate of drug-likeness (QED) is 0.350. The molecule has 1 unspecified atom stereocenters. The molecule has 33 heavy (non-hydrogen) atoms. The third-order valence-corrected chi connectivity index (χ3v) is 6.50. The van der Waals surface area contributed by atoms with E-state index in [2.05, 4.69) is 33.0 Å². The van der Waals surface area contributed by atoms with Gasteiger partial charge in [-0.15, -0.1) is 4.89 Å². The van der Waals surface area contributed by atoms with Crippen LogP contribution in [-0.2, 0) is 9.36 Å². The van der Waals surface area contributed by atoms with Gasteiger partial charge in [-0.3, -0.25) is 4.79 Å². The number of hydrogen-bond acceptors (Lipinski definition) is 2. The Kier molecular flexibility index (Phi) is 8.51. The number of benzene rings is 3. The highest BCUT2D eigenvalue weighted by Gasteiger charge is 2.38. The third-order valence-electron chi connectivity index (χ3n) is 5.69. The number of carbonyl (C=O) groups is 1. The molecule has 3 aromatic carbocycles. The minimum absolute atomic E-state index is 0.218. The standard InChI is InChI=1S/C27H31N2O3P/c1-19(2)23-16-11-17-24(20(3)4)26(23)28-25(30)18-29(33(31)32)27(21-12-7-5-8-13-21)22-14-9-6-10-15-22/h5-17,19-20,27H,18H2,1-4H3,(H-,28,30,31,32)/p+1. The van der Waals surface area contributed by atoms with Crippen molar-refractivity contribution in [3.63, 3.8) is 0 Å². The van der Waals surface area contributed by atoms with E-state index in [-0.39, 0.29) is 24.3 Å². The van der Waals surface area contributed by atoms with Crippen molar-refractivity contribution >= 4 is 19.8 Å². The molecule has 0 bridgehead atoms. The van der Waals surface area contributed by atoms with E-state index in [1.165, 1.54) is 4.67 Å². The zero-order valence-corrected chi connectivity index (χ0v) is 20.5. The van der Waals surface area contributed by atoms with Crippen molar-refractivity contribution in [3.8, 4) is 0 Å². The van der Waals surface area contributed by atoms with Crippen molar-refractivity contribution in [2.45, 2.75) is 45.6 Å². The molecule has 0 radical (unpaired) electrons. The van der Waals surface area contributed by atoms with Gasteiger partial charge in [-0.25, -0.2) is 0 Å². The summed E-state index contributed by atoms with van der Waals surface area (Å²) < 4.78 is 13.9. The average molecular weight is 464 g/mol. The molecule has 0 aliphatic rings. The van der Waals surface area contributed by atoms with Crippen LogP contribution in [0.4, 0.5) is 5.69 Å². The summed E-state index contributed by atoms with van der Waals surface area (Å²) in [7, 11) is -2.78. The predicted molar refractivity (Wildman–Crippen MR) is 135 cm³/mol. The number of nitrogens with one attached hydrogen (secondary N) is 1. The van der Waals surface area contributed by atoms with Crippen LogP contribution in [0.3, 0.4) is 0 Å². The number of rotatable bonds is 9. The molecule has 5 nitrogen and oxygen atoms in total. The summed E-state index contributed by atoms with van der Waals surface area (Å²) in [5.74, 6) is 0.135. The Bertz CT molecular complexity index is 1020. The van der Waals surface area contributed by atoms with Gasteiger partial charge in [0.05, 0.1) is 0 Å². The Morgan fingerprint density at radius 3 is 1.67 bits per heavy atom. The van der Waals surface area contributed by atoms with E-state index >= 15 is 0 Å². The van der Waals surface area contributed by atoms with Gasteiger partial charge < -0.3 is 5.32 Å². The molecule has 1 amide bonds. The lowest BCUT2D eigenvalue weighted by molar-refractivity contribution is -0.116. The number of para-hydroxylation sites is 1.